The number of hydrogen-bond donors (Lipinski definition) is 1. The SMILES string of the molecule is CC.CCOC(=O)c1nn(C)c2c1CCc1cnc(N)nc1-2. The molecule has 0 unspecified atom stereocenters. The van der Waals surface area contributed by atoms with Crippen LogP contribution in [0.2, 0.25) is 0 Å². The van der Waals surface area contributed by atoms with Gasteiger partial charge in [0, 0.05) is 18.8 Å². The maximum absolute atomic E-state index is 12.0. The zero-order chi connectivity index (χ0) is 16.3. The van der Waals surface area contributed by atoms with Crippen LogP contribution in [0.5, 0.6) is 0 Å². The van der Waals surface area contributed by atoms with Gasteiger partial charge in [-0.2, -0.15) is 5.10 Å². The number of nitrogens with two attached hydrogens (primary N) is 1. The Kier molecular flexibility index (Phi) is 4.75. The summed E-state index contributed by atoms with van der Waals surface area (Å²) in [5, 5.41) is 4.28. The fourth-order valence-electron chi connectivity index (χ4n) is 2.53. The summed E-state index contributed by atoms with van der Waals surface area (Å²) in [6.45, 7) is 6.10. The van der Waals surface area contributed by atoms with Crippen molar-refractivity contribution in [3.05, 3.63) is 23.0 Å². The molecule has 0 bridgehead atoms. The van der Waals surface area contributed by atoms with Gasteiger partial charge in [0.05, 0.1) is 18.0 Å². The van der Waals surface area contributed by atoms with Crippen molar-refractivity contribution < 1.29 is 9.53 Å². The topological polar surface area (TPSA) is 95.9 Å². The highest BCUT2D eigenvalue weighted by atomic mass is 16.5. The Morgan fingerprint density at radius 3 is 2.82 bits per heavy atom. The van der Waals surface area contributed by atoms with Crippen molar-refractivity contribution in [2.75, 3.05) is 12.3 Å². The van der Waals surface area contributed by atoms with E-state index in [1.165, 1.54) is 0 Å². The van der Waals surface area contributed by atoms with Crippen LogP contribution in [0.4, 0.5) is 5.95 Å². The first kappa shape index (κ1) is 15.9. The number of nitrogens with zero attached hydrogens (tertiary/aromatic N) is 4. The van der Waals surface area contributed by atoms with Gasteiger partial charge in [0.25, 0.3) is 0 Å². The number of fused-ring (bicyclic) bond motifs is 3. The number of nitrogen functional groups attached to an aromatic ring is 1. The Morgan fingerprint density at radius 1 is 1.41 bits per heavy atom. The van der Waals surface area contributed by atoms with Gasteiger partial charge < -0.3 is 10.5 Å². The van der Waals surface area contributed by atoms with Crippen molar-refractivity contribution in [1.82, 2.24) is 19.7 Å². The van der Waals surface area contributed by atoms with Crippen LogP contribution in [0.1, 0.15) is 42.4 Å². The van der Waals surface area contributed by atoms with Gasteiger partial charge in [-0.3, -0.25) is 4.68 Å². The molecule has 0 amide bonds. The van der Waals surface area contributed by atoms with Crippen LogP contribution in [0.15, 0.2) is 6.20 Å². The number of rotatable bonds is 2. The molecule has 0 aliphatic heterocycles. The second-order valence-electron chi connectivity index (χ2n) is 4.62. The molecule has 2 N–H and O–H groups in total. The monoisotopic (exact) mass is 303 g/mol. The molecule has 7 nitrogen and oxygen atoms in total. The summed E-state index contributed by atoms with van der Waals surface area (Å²) in [6.07, 6.45) is 3.22. The van der Waals surface area contributed by atoms with Crippen molar-refractivity contribution in [2.45, 2.75) is 33.6 Å². The largest absolute Gasteiger partial charge is 0.461 e. The quantitative estimate of drug-likeness (QED) is 0.849. The normalized spacial score (nSPS) is 11.8. The first-order valence-electron chi connectivity index (χ1n) is 7.46. The third-order valence-electron chi connectivity index (χ3n) is 3.37. The summed E-state index contributed by atoms with van der Waals surface area (Å²) < 4.78 is 6.71. The van der Waals surface area contributed by atoms with E-state index in [4.69, 9.17) is 10.5 Å². The molecule has 0 radical (unpaired) electrons. The molecule has 22 heavy (non-hydrogen) atoms. The highest BCUT2D eigenvalue weighted by Gasteiger charge is 2.29. The van der Waals surface area contributed by atoms with Crippen LogP contribution in [-0.4, -0.2) is 32.3 Å². The molecule has 0 saturated carbocycles. The lowest BCUT2D eigenvalue weighted by Gasteiger charge is -2.16. The fraction of sp³-hybridized carbons (Fsp3) is 0.467. The Bertz CT molecular complexity index is 693. The molecule has 0 saturated heterocycles. The lowest BCUT2D eigenvalue weighted by molar-refractivity contribution is 0.0517. The number of hydrogen-bond acceptors (Lipinski definition) is 6. The molecule has 7 heteroatoms. The van der Waals surface area contributed by atoms with E-state index in [0.717, 1.165) is 35.4 Å². The van der Waals surface area contributed by atoms with Gasteiger partial charge in [0.1, 0.15) is 0 Å². The summed E-state index contributed by atoms with van der Waals surface area (Å²) in [7, 11) is 1.79. The third-order valence-corrected chi connectivity index (χ3v) is 3.37. The van der Waals surface area contributed by atoms with Crippen molar-refractivity contribution in [2.24, 2.45) is 7.05 Å². The first-order chi connectivity index (χ1) is 10.6. The van der Waals surface area contributed by atoms with E-state index < -0.39 is 5.97 Å². The van der Waals surface area contributed by atoms with Crippen molar-refractivity contribution in [3.63, 3.8) is 0 Å². The molecule has 2 aromatic heterocycles. The maximum Gasteiger partial charge on any atom is 0.359 e. The predicted molar refractivity (Wildman–Crippen MR) is 83.4 cm³/mol. The van der Waals surface area contributed by atoms with Gasteiger partial charge >= 0.3 is 5.97 Å². The molecular weight excluding hydrogens is 282 g/mol. The molecule has 1 aliphatic rings. The Hall–Kier alpha value is -2.44. The van der Waals surface area contributed by atoms with Crippen LogP contribution >= 0.6 is 0 Å². The zero-order valence-electron chi connectivity index (χ0n) is 13.4. The minimum absolute atomic E-state index is 0.218. The molecule has 2 aromatic rings. The van der Waals surface area contributed by atoms with Crippen molar-refractivity contribution >= 4 is 11.9 Å². The lowest BCUT2D eigenvalue weighted by Crippen LogP contribution is -2.12. The minimum Gasteiger partial charge on any atom is -0.461 e. The van der Waals surface area contributed by atoms with Crippen LogP contribution in [0.3, 0.4) is 0 Å². The number of aryl methyl sites for hydroxylation is 2. The van der Waals surface area contributed by atoms with E-state index in [9.17, 15) is 4.79 Å². The Labute approximate surface area is 129 Å². The predicted octanol–water partition coefficient (Wildman–Crippen LogP) is 1.76. The summed E-state index contributed by atoms with van der Waals surface area (Å²) >= 11 is 0. The molecule has 3 rings (SSSR count). The van der Waals surface area contributed by atoms with Crippen molar-refractivity contribution in [3.8, 4) is 11.4 Å². The van der Waals surface area contributed by atoms with Crippen LogP contribution in [-0.2, 0) is 24.6 Å². The average molecular weight is 303 g/mol. The van der Waals surface area contributed by atoms with Gasteiger partial charge in [0.15, 0.2) is 5.69 Å². The van der Waals surface area contributed by atoms with Gasteiger partial charge in [0.2, 0.25) is 5.95 Å². The molecule has 0 atom stereocenters. The van der Waals surface area contributed by atoms with Gasteiger partial charge in [-0.1, -0.05) is 13.8 Å². The second-order valence-corrected chi connectivity index (χ2v) is 4.62. The van der Waals surface area contributed by atoms with Gasteiger partial charge in [-0.15, -0.1) is 0 Å². The van der Waals surface area contributed by atoms with E-state index in [-0.39, 0.29) is 5.95 Å². The summed E-state index contributed by atoms with van der Waals surface area (Å²) in [4.78, 5) is 20.3. The van der Waals surface area contributed by atoms with Crippen molar-refractivity contribution in [1.29, 1.82) is 0 Å². The minimum atomic E-state index is -0.394. The number of ether oxygens (including phenoxy) is 1. The maximum atomic E-state index is 12.0. The Morgan fingerprint density at radius 2 is 2.14 bits per heavy atom. The number of anilines is 1. The summed E-state index contributed by atoms with van der Waals surface area (Å²) in [5.74, 6) is -0.176. The van der Waals surface area contributed by atoms with Gasteiger partial charge in [-0.05, 0) is 25.3 Å². The van der Waals surface area contributed by atoms with Gasteiger partial charge in [-0.25, -0.2) is 14.8 Å². The second kappa shape index (κ2) is 6.55. The van der Waals surface area contributed by atoms with E-state index in [1.54, 1.807) is 24.9 Å². The third kappa shape index (κ3) is 2.66. The number of carbonyl (C=O) groups excluding carboxylic acids is 1. The van der Waals surface area contributed by atoms with E-state index in [2.05, 4.69) is 15.1 Å². The molecule has 1 aliphatic carbocycles. The van der Waals surface area contributed by atoms with Crippen LogP contribution < -0.4 is 5.73 Å². The molecular formula is C15H21N5O2. The van der Waals surface area contributed by atoms with E-state index in [1.807, 2.05) is 13.8 Å². The van der Waals surface area contributed by atoms with E-state index in [0.29, 0.717) is 12.3 Å². The first-order valence-corrected chi connectivity index (χ1v) is 7.46. The van der Waals surface area contributed by atoms with Crippen LogP contribution in [0.25, 0.3) is 11.4 Å². The highest BCUT2D eigenvalue weighted by Crippen LogP contribution is 2.33. The standard InChI is InChI=1S/C13H15N5O2.C2H6/c1-3-20-12(19)10-8-5-4-7-6-15-13(14)16-9(7)11(8)18(2)17-10;1-2/h6H,3-5H2,1-2H3,(H2,14,15,16);1-2H3. The average Bonchev–Trinajstić information content (AvgIpc) is 2.87. The fourth-order valence-corrected chi connectivity index (χ4v) is 2.53. The molecule has 2 heterocycles. The number of aromatic nitrogens is 4. The van der Waals surface area contributed by atoms with Crippen LogP contribution in [0, 0.1) is 0 Å². The molecule has 0 spiro atoms. The lowest BCUT2D eigenvalue weighted by atomic mass is 9.93. The number of esters is 1. The summed E-state index contributed by atoms with van der Waals surface area (Å²) in [6, 6.07) is 0. The zero-order valence-corrected chi connectivity index (χ0v) is 13.4. The molecule has 0 aromatic carbocycles. The smallest absolute Gasteiger partial charge is 0.359 e. The molecule has 118 valence electrons. The number of carbonyl (C=O) groups is 1. The van der Waals surface area contributed by atoms with E-state index >= 15 is 0 Å². The highest BCUT2D eigenvalue weighted by molar-refractivity contribution is 5.91. The Balaban J connectivity index is 0.000000847. The molecule has 0 fully saturated rings. The summed E-state index contributed by atoms with van der Waals surface area (Å²) in [5.41, 5.74) is 9.49.